The molecule has 0 aromatic carbocycles. The van der Waals surface area contributed by atoms with Gasteiger partial charge in [-0.05, 0) is 26.8 Å². The summed E-state index contributed by atoms with van der Waals surface area (Å²) in [7, 11) is 1.85. The molecule has 0 aliphatic heterocycles. The fourth-order valence-electron chi connectivity index (χ4n) is 1.79. The van der Waals surface area contributed by atoms with Crippen molar-refractivity contribution in [1.29, 1.82) is 0 Å². The van der Waals surface area contributed by atoms with Gasteiger partial charge in [-0.2, -0.15) is 10.2 Å². The van der Waals surface area contributed by atoms with Crippen LogP contribution in [0.4, 0.5) is 5.69 Å². The van der Waals surface area contributed by atoms with Gasteiger partial charge in [-0.1, -0.05) is 0 Å². The molecule has 0 saturated heterocycles. The van der Waals surface area contributed by atoms with E-state index in [1.807, 2.05) is 27.8 Å². The number of hydrogen-bond donors (Lipinski definition) is 1. The highest BCUT2D eigenvalue weighted by molar-refractivity contribution is 6.03. The second kappa shape index (κ2) is 4.64. The molecule has 0 atom stereocenters. The standard InChI is InChI=1S/C12H17N5O/c1-5-17-7-6-10(15-17)12(18)13-11-8(2)14-16(4)9(11)3/h6-7H,5H2,1-4H3,(H,13,18). The molecule has 0 radical (unpaired) electrons. The lowest BCUT2D eigenvalue weighted by Crippen LogP contribution is -2.14. The Morgan fingerprint density at radius 3 is 2.61 bits per heavy atom. The van der Waals surface area contributed by atoms with E-state index < -0.39 is 0 Å². The van der Waals surface area contributed by atoms with E-state index in [-0.39, 0.29) is 5.91 Å². The Kier molecular flexibility index (Phi) is 3.18. The first-order chi connectivity index (χ1) is 8.52. The molecule has 0 bridgehead atoms. The van der Waals surface area contributed by atoms with E-state index in [1.54, 1.807) is 21.6 Å². The number of rotatable bonds is 3. The van der Waals surface area contributed by atoms with Crippen molar-refractivity contribution in [3.05, 3.63) is 29.3 Å². The molecule has 18 heavy (non-hydrogen) atoms. The molecule has 0 fully saturated rings. The quantitative estimate of drug-likeness (QED) is 0.894. The summed E-state index contributed by atoms with van der Waals surface area (Å²) in [5.74, 6) is -0.207. The molecule has 6 nitrogen and oxygen atoms in total. The van der Waals surface area contributed by atoms with Crippen LogP contribution < -0.4 is 5.32 Å². The molecule has 0 aliphatic carbocycles. The number of carbonyl (C=O) groups is 1. The van der Waals surface area contributed by atoms with Crippen LogP contribution in [-0.4, -0.2) is 25.5 Å². The summed E-state index contributed by atoms with van der Waals surface area (Å²) >= 11 is 0. The van der Waals surface area contributed by atoms with Crippen molar-refractivity contribution in [2.24, 2.45) is 7.05 Å². The maximum Gasteiger partial charge on any atom is 0.276 e. The van der Waals surface area contributed by atoms with Gasteiger partial charge in [0.1, 0.15) is 0 Å². The fraction of sp³-hybridized carbons (Fsp3) is 0.417. The van der Waals surface area contributed by atoms with Crippen molar-refractivity contribution in [2.45, 2.75) is 27.3 Å². The second-order valence-corrected chi connectivity index (χ2v) is 4.18. The largest absolute Gasteiger partial charge is 0.317 e. The van der Waals surface area contributed by atoms with Crippen molar-refractivity contribution in [2.75, 3.05) is 5.32 Å². The van der Waals surface area contributed by atoms with Crippen LogP contribution in [0.1, 0.15) is 28.8 Å². The average Bonchev–Trinajstić information content (AvgIpc) is 2.90. The highest BCUT2D eigenvalue weighted by atomic mass is 16.2. The van der Waals surface area contributed by atoms with E-state index in [0.717, 1.165) is 23.6 Å². The molecule has 0 saturated carbocycles. The molecule has 0 unspecified atom stereocenters. The second-order valence-electron chi connectivity index (χ2n) is 4.18. The number of anilines is 1. The monoisotopic (exact) mass is 247 g/mol. The SMILES string of the molecule is CCn1ccc(C(=O)Nc2c(C)nn(C)c2C)n1. The molecule has 96 valence electrons. The minimum Gasteiger partial charge on any atom is -0.317 e. The van der Waals surface area contributed by atoms with Crippen LogP contribution in [0.25, 0.3) is 0 Å². The Hall–Kier alpha value is -2.11. The van der Waals surface area contributed by atoms with Crippen LogP contribution >= 0.6 is 0 Å². The molecule has 6 heteroatoms. The van der Waals surface area contributed by atoms with E-state index >= 15 is 0 Å². The van der Waals surface area contributed by atoms with E-state index in [9.17, 15) is 4.79 Å². The third-order valence-corrected chi connectivity index (χ3v) is 2.94. The Balaban J connectivity index is 2.21. The van der Waals surface area contributed by atoms with Crippen LogP contribution in [0.15, 0.2) is 12.3 Å². The Morgan fingerprint density at radius 1 is 1.39 bits per heavy atom. The third kappa shape index (κ3) is 2.13. The number of carbonyl (C=O) groups excluding carboxylic acids is 1. The Bertz CT molecular complexity index is 581. The molecule has 1 amide bonds. The molecular formula is C12H17N5O. The lowest BCUT2D eigenvalue weighted by molar-refractivity contribution is 0.102. The van der Waals surface area contributed by atoms with Gasteiger partial charge in [0.2, 0.25) is 0 Å². The summed E-state index contributed by atoms with van der Waals surface area (Å²) in [6.07, 6.45) is 1.79. The fourth-order valence-corrected chi connectivity index (χ4v) is 1.79. The van der Waals surface area contributed by atoms with Gasteiger partial charge in [0, 0.05) is 19.8 Å². The van der Waals surface area contributed by atoms with Gasteiger partial charge < -0.3 is 5.32 Å². The number of nitrogens with zero attached hydrogens (tertiary/aromatic N) is 4. The lowest BCUT2D eigenvalue weighted by Gasteiger charge is -2.03. The number of aryl methyl sites for hydroxylation is 3. The first kappa shape index (κ1) is 12.3. The average molecular weight is 247 g/mol. The van der Waals surface area contributed by atoms with Gasteiger partial charge >= 0.3 is 0 Å². The van der Waals surface area contributed by atoms with E-state index in [2.05, 4.69) is 15.5 Å². The highest BCUT2D eigenvalue weighted by Crippen LogP contribution is 2.18. The lowest BCUT2D eigenvalue weighted by atomic mass is 10.3. The van der Waals surface area contributed by atoms with Gasteiger partial charge in [-0.25, -0.2) is 0 Å². The number of nitrogens with one attached hydrogen (secondary N) is 1. The van der Waals surface area contributed by atoms with Gasteiger partial charge in [0.05, 0.1) is 17.1 Å². The first-order valence-electron chi connectivity index (χ1n) is 5.88. The van der Waals surface area contributed by atoms with Crippen molar-refractivity contribution in [1.82, 2.24) is 19.6 Å². The van der Waals surface area contributed by atoms with Crippen LogP contribution in [0, 0.1) is 13.8 Å². The van der Waals surface area contributed by atoms with Crippen LogP contribution in [0.2, 0.25) is 0 Å². The van der Waals surface area contributed by atoms with Crippen molar-refractivity contribution in [3.8, 4) is 0 Å². The number of aromatic nitrogens is 4. The van der Waals surface area contributed by atoms with Crippen LogP contribution in [0.5, 0.6) is 0 Å². The first-order valence-corrected chi connectivity index (χ1v) is 5.88. The van der Waals surface area contributed by atoms with Crippen molar-refractivity contribution in [3.63, 3.8) is 0 Å². The topological polar surface area (TPSA) is 64.7 Å². The van der Waals surface area contributed by atoms with Crippen molar-refractivity contribution >= 4 is 11.6 Å². The van der Waals surface area contributed by atoms with Crippen LogP contribution in [0.3, 0.4) is 0 Å². The molecule has 0 aliphatic rings. The smallest absolute Gasteiger partial charge is 0.276 e. The van der Waals surface area contributed by atoms with E-state index in [4.69, 9.17) is 0 Å². The van der Waals surface area contributed by atoms with E-state index in [0.29, 0.717) is 5.69 Å². The van der Waals surface area contributed by atoms with Gasteiger partial charge in [0.15, 0.2) is 5.69 Å². The molecule has 2 aromatic heterocycles. The van der Waals surface area contributed by atoms with E-state index in [1.165, 1.54) is 0 Å². The van der Waals surface area contributed by atoms with Gasteiger partial charge in [-0.3, -0.25) is 14.2 Å². The van der Waals surface area contributed by atoms with Crippen molar-refractivity contribution < 1.29 is 4.79 Å². The molecule has 2 heterocycles. The minimum absolute atomic E-state index is 0.207. The third-order valence-electron chi connectivity index (χ3n) is 2.94. The van der Waals surface area contributed by atoms with Gasteiger partial charge in [-0.15, -0.1) is 0 Å². The number of amides is 1. The summed E-state index contributed by atoms with van der Waals surface area (Å²) in [4.78, 5) is 12.0. The predicted octanol–water partition coefficient (Wildman–Crippen LogP) is 1.51. The summed E-state index contributed by atoms with van der Waals surface area (Å²) in [5.41, 5.74) is 2.90. The predicted molar refractivity (Wildman–Crippen MR) is 68.5 cm³/mol. The molecule has 2 rings (SSSR count). The minimum atomic E-state index is -0.207. The Morgan fingerprint density at radius 2 is 2.11 bits per heavy atom. The normalized spacial score (nSPS) is 10.7. The maximum absolute atomic E-state index is 12.0. The summed E-state index contributed by atoms with van der Waals surface area (Å²) in [6, 6.07) is 1.71. The zero-order valence-electron chi connectivity index (χ0n) is 11.1. The maximum atomic E-state index is 12.0. The molecule has 2 aromatic rings. The molecular weight excluding hydrogens is 230 g/mol. The zero-order chi connectivity index (χ0) is 13.3. The van der Waals surface area contributed by atoms with Gasteiger partial charge in [0.25, 0.3) is 5.91 Å². The molecule has 1 N–H and O–H groups in total. The number of hydrogen-bond acceptors (Lipinski definition) is 3. The zero-order valence-corrected chi connectivity index (χ0v) is 11.1. The molecule has 0 spiro atoms. The Labute approximate surface area is 106 Å². The summed E-state index contributed by atoms with van der Waals surface area (Å²) < 4.78 is 3.47. The summed E-state index contributed by atoms with van der Waals surface area (Å²) in [6.45, 7) is 6.51. The van der Waals surface area contributed by atoms with Crippen LogP contribution in [-0.2, 0) is 13.6 Å². The highest BCUT2D eigenvalue weighted by Gasteiger charge is 2.15. The summed E-state index contributed by atoms with van der Waals surface area (Å²) in [5, 5.41) is 11.3.